The highest BCUT2D eigenvalue weighted by Gasteiger charge is 2.37. The van der Waals surface area contributed by atoms with Gasteiger partial charge in [0.05, 0.1) is 5.25 Å². The van der Waals surface area contributed by atoms with E-state index in [1.807, 2.05) is 0 Å². The highest BCUT2D eigenvalue weighted by Crippen LogP contribution is 2.26. The number of hydrogen-bond donors (Lipinski definition) is 0. The summed E-state index contributed by atoms with van der Waals surface area (Å²) in [4.78, 5) is 25.3. The van der Waals surface area contributed by atoms with Gasteiger partial charge in [-0.05, 0) is 18.6 Å². The van der Waals surface area contributed by atoms with Crippen LogP contribution in [0.3, 0.4) is 0 Å². The molecule has 0 spiro atoms. The fourth-order valence-corrected chi connectivity index (χ4v) is 3.35. The van der Waals surface area contributed by atoms with E-state index < -0.39 is 0 Å². The summed E-state index contributed by atoms with van der Waals surface area (Å²) in [6.45, 7) is 4.93. The van der Waals surface area contributed by atoms with E-state index in [0.717, 1.165) is 31.4 Å². The van der Waals surface area contributed by atoms with Gasteiger partial charge in [0.2, 0.25) is 11.8 Å². The molecule has 4 heteroatoms. The van der Waals surface area contributed by atoms with Crippen molar-refractivity contribution in [1.29, 1.82) is 0 Å². The summed E-state index contributed by atoms with van der Waals surface area (Å²) in [5, 5.41) is -0.102. The van der Waals surface area contributed by atoms with Gasteiger partial charge < -0.3 is 0 Å². The van der Waals surface area contributed by atoms with E-state index in [1.54, 1.807) is 11.8 Å². The van der Waals surface area contributed by atoms with Crippen LogP contribution in [0.5, 0.6) is 0 Å². The fraction of sp³-hybridized carbons (Fsp3) is 0.857. The predicted octanol–water partition coefficient (Wildman–Crippen LogP) is 3.23. The summed E-state index contributed by atoms with van der Waals surface area (Å²) in [5.41, 5.74) is 0. The number of likely N-dealkylation sites (tertiary alicyclic amines) is 1. The molecule has 0 radical (unpaired) electrons. The molecule has 0 N–H and O–H groups in total. The summed E-state index contributed by atoms with van der Waals surface area (Å²) < 4.78 is 0. The molecule has 1 aliphatic heterocycles. The zero-order valence-corrected chi connectivity index (χ0v) is 12.4. The van der Waals surface area contributed by atoms with Crippen LogP contribution in [0.4, 0.5) is 0 Å². The van der Waals surface area contributed by atoms with Gasteiger partial charge in [0.15, 0.2) is 0 Å². The van der Waals surface area contributed by atoms with Gasteiger partial charge in [-0.15, -0.1) is 11.8 Å². The molecule has 1 heterocycles. The highest BCUT2D eigenvalue weighted by atomic mass is 32.2. The standard InChI is InChI=1S/C14H25NO2S/c1-3-5-7-8-9-15-13(16)11-12(14(15)17)18-10-6-4-2/h12H,3-11H2,1-2H3. The van der Waals surface area contributed by atoms with Crippen LogP contribution in [0.1, 0.15) is 58.8 Å². The Morgan fingerprint density at radius 3 is 2.50 bits per heavy atom. The lowest BCUT2D eigenvalue weighted by atomic mass is 10.2. The third-order valence-electron chi connectivity index (χ3n) is 3.25. The molecule has 104 valence electrons. The van der Waals surface area contributed by atoms with Crippen LogP contribution in [0, 0.1) is 0 Å². The van der Waals surface area contributed by atoms with Gasteiger partial charge in [-0.3, -0.25) is 14.5 Å². The molecule has 18 heavy (non-hydrogen) atoms. The van der Waals surface area contributed by atoms with Crippen molar-refractivity contribution in [3.8, 4) is 0 Å². The maximum Gasteiger partial charge on any atom is 0.242 e. The first-order valence-corrected chi connectivity index (χ1v) is 8.21. The molecule has 0 aromatic rings. The Kier molecular flexibility index (Phi) is 7.40. The zero-order chi connectivity index (χ0) is 13.4. The minimum atomic E-state index is -0.102. The molecule has 1 atom stereocenters. The van der Waals surface area contributed by atoms with E-state index in [2.05, 4.69) is 13.8 Å². The second kappa shape index (κ2) is 8.57. The van der Waals surface area contributed by atoms with Crippen LogP contribution in [0.2, 0.25) is 0 Å². The molecule has 0 saturated carbocycles. The van der Waals surface area contributed by atoms with Crippen LogP contribution >= 0.6 is 11.8 Å². The van der Waals surface area contributed by atoms with Crippen molar-refractivity contribution < 1.29 is 9.59 Å². The van der Waals surface area contributed by atoms with Gasteiger partial charge in [-0.25, -0.2) is 0 Å². The summed E-state index contributed by atoms with van der Waals surface area (Å²) in [5.74, 6) is 1.08. The number of unbranched alkanes of at least 4 members (excludes halogenated alkanes) is 4. The third-order valence-corrected chi connectivity index (χ3v) is 4.55. The van der Waals surface area contributed by atoms with Gasteiger partial charge in [0.1, 0.15) is 0 Å². The average molecular weight is 271 g/mol. The van der Waals surface area contributed by atoms with Crippen LogP contribution in [0.25, 0.3) is 0 Å². The van der Waals surface area contributed by atoms with Crippen molar-refractivity contribution >= 4 is 23.6 Å². The fourth-order valence-electron chi connectivity index (χ4n) is 2.08. The van der Waals surface area contributed by atoms with Crippen molar-refractivity contribution in [2.45, 2.75) is 64.0 Å². The molecular formula is C14H25NO2S. The van der Waals surface area contributed by atoms with Gasteiger partial charge in [-0.2, -0.15) is 0 Å². The Morgan fingerprint density at radius 2 is 1.83 bits per heavy atom. The van der Waals surface area contributed by atoms with Crippen LogP contribution < -0.4 is 0 Å². The highest BCUT2D eigenvalue weighted by molar-refractivity contribution is 8.00. The first kappa shape index (κ1) is 15.5. The Balaban J connectivity index is 2.31. The second-order valence-corrected chi connectivity index (χ2v) is 6.17. The Bertz CT molecular complexity index is 281. The number of carbonyl (C=O) groups is 2. The monoisotopic (exact) mass is 271 g/mol. The van der Waals surface area contributed by atoms with E-state index in [9.17, 15) is 9.59 Å². The molecule has 1 unspecified atom stereocenters. The lowest BCUT2D eigenvalue weighted by Crippen LogP contribution is -2.32. The minimum absolute atomic E-state index is 0.0329. The second-order valence-electron chi connectivity index (χ2n) is 4.86. The molecular weight excluding hydrogens is 246 g/mol. The third kappa shape index (κ3) is 4.63. The number of nitrogens with zero attached hydrogens (tertiary/aromatic N) is 1. The number of imide groups is 1. The number of carbonyl (C=O) groups excluding carboxylic acids is 2. The zero-order valence-electron chi connectivity index (χ0n) is 11.6. The summed E-state index contributed by atoms with van der Waals surface area (Å²) in [6.07, 6.45) is 7.11. The van der Waals surface area contributed by atoms with Crippen molar-refractivity contribution in [2.24, 2.45) is 0 Å². The molecule has 0 aromatic heterocycles. The largest absolute Gasteiger partial charge is 0.282 e. The number of thioether (sulfide) groups is 1. The van der Waals surface area contributed by atoms with E-state index in [-0.39, 0.29) is 17.1 Å². The molecule has 1 fully saturated rings. The van der Waals surface area contributed by atoms with E-state index in [0.29, 0.717) is 13.0 Å². The smallest absolute Gasteiger partial charge is 0.242 e. The van der Waals surface area contributed by atoms with Crippen molar-refractivity contribution in [3.05, 3.63) is 0 Å². The SMILES string of the molecule is CCCCCCN1C(=O)CC(SCCCC)C1=O. The molecule has 0 aromatic carbocycles. The van der Waals surface area contributed by atoms with Crippen LogP contribution in [-0.2, 0) is 9.59 Å². The molecule has 0 bridgehead atoms. The van der Waals surface area contributed by atoms with Gasteiger partial charge in [0.25, 0.3) is 0 Å². The predicted molar refractivity (Wildman–Crippen MR) is 76.6 cm³/mol. The lowest BCUT2D eigenvalue weighted by Gasteiger charge is -2.14. The summed E-state index contributed by atoms with van der Waals surface area (Å²) >= 11 is 1.66. The van der Waals surface area contributed by atoms with Gasteiger partial charge in [-0.1, -0.05) is 39.5 Å². The summed E-state index contributed by atoms with van der Waals surface area (Å²) in [6, 6.07) is 0. The van der Waals surface area contributed by atoms with Gasteiger partial charge >= 0.3 is 0 Å². The van der Waals surface area contributed by atoms with Gasteiger partial charge in [0, 0.05) is 13.0 Å². The van der Waals surface area contributed by atoms with E-state index in [4.69, 9.17) is 0 Å². The first-order chi connectivity index (χ1) is 8.70. The van der Waals surface area contributed by atoms with Crippen molar-refractivity contribution in [1.82, 2.24) is 4.90 Å². The van der Waals surface area contributed by atoms with Crippen molar-refractivity contribution in [2.75, 3.05) is 12.3 Å². The molecule has 1 rings (SSSR count). The minimum Gasteiger partial charge on any atom is -0.282 e. The average Bonchev–Trinajstić information content (AvgIpc) is 2.62. The molecule has 0 aliphatic carbocycles. The maximum absolute atomic E-state index is 12.1. The quantitative estimate of drug-likeness (QED) is 0.477. The van der Waals surface area contributed by atoms with E-state index in [1.165, 1.54) is 17.7 Å². The number of hydrogen-bond acceptors (Lipinski definition) is 3. The number of rotatable bonds is 9. The molecule has 3 nitrogen and oxygen atoms in total. The number of amides is 2. The Hall–Kier alpha value is -0.510. The summed E-state index contributed by atoms with van der Waals surface area (Å²) in [7, 11) is 0. The van der Waals surface area contributed by atoms with Crippen molar-refractivity contribution in [3.63, 3.8) is 0 Å². The topological polar surface area (TPSA) is 37.4 Å². The lowest BCUT2D eigenvalue weighted by molar-refractivity contribution is -0.138. The molecule has 1 saturated heterocycles. The normalized spacial score (nSPS) is 19.9. The molecule has 2 amide bonds. The Morgan fingerprint density at radius 1 is 1.11 bits per heavy atom. The maximum atomic E-state index is 12.1. The first-order valence-electron chi connectivity index (χ1n) is 7.16. The van der Waals surface area contributed by atoms with E-state index >= 15 is 0 Å². The van der Waals surface area contributed by atoms with Crippen LogP contribution in [-0.4, -0.2) is 34.3 Å². The van der Waals surface area contributed by atoms with Crippen LogP contribution in [0.15, 0.2) is 0 Å². The Labute approximate surface area is 115 Å². The molecule has 1 aliphatic rings.